The molecule has 16 heavy (non-hydrogen) atoms. The summed E-state index contributed by atoms with van der Waals surface area (Å²) in [4.78, 5) is 3.98. The molecule has 0 saturated heterocycles. The van der Waals surface area contributed by atoms with E-state index >= 15 is 0 Å². The van der Waals surface area contributed by atoms with Gasteiger partial charge >= 0.3 is 0 Å². The lowest BCUT2D eigenvalue weighted by Gasteiger charge is -2.06. The van der Waals surface area contributed by atoms with Crippen molar-refractivity contribution in [1.82, 2.24) is 4.98 Å². The molecular weight excluding hydrogens is 227 g/mol. The molecule has 0 fully saturated rings. The number of nitrogens with one attached hydrogen (secondary N) is 1. The summed E-state index contributed by atoms with van der Waals surface area (Å²) in [5, 5.41) is 3.31. The molecule has 0 aliphatic rings. The lowest BCUT2D eigenvalue weighted by atomic mass is 10.2. The average Bonchev–Trinajstić information content (AvgIpc) is 2.32. The minimum atomic E-state index is -0.396. The molecule has 0 unspecified atom stereocenters. The third kappa shape index (κ3) is 2.70. The van der Waals surface area contributed by atoms with Gasteiger partial charge in [0.15, 0.2) is 0 Å². The normalized spacial score (nSPS) is 10.1. The number of rotatable bonds is 3. The minimum absolute atomic E-state index is 0.144. The number of benzene rings is 1. The maximum atomic E-state index is 12.9. The Labute approximate surface area is 98.1 Å². The zero-order valence-electron chi connectivity index (χ0n) is 8.45. The summed E-state index contributed by atoms with van der Waals surface area (Å²) in [5.41, 5.74) is 1.85. The summed E-state index contributed by atoms with van der Waals surface area (Å²) < 4.78 is 12.9. The average molecular weight is 237 g/mol. The summed E-state index contributed by atoms with van der Waals surface area (Å²) in [6.45, 7) is 0.589. The van der Waals surface area contributed by atoms with Crippen molar-refractivity contribution < 1.29 is 4.39 Å². The molecule has 0 aliphatic carbocycles. The van der Waals surface area contributed by atoms with Crippen molar-refractivity contribution in [1.29, 1.82) is 0 Å². The van der Waals surface area contributed by atoms with Gasteiger partial charge in [0.05, 0.1) is 10.7 Å². The standard InChI is InChI=1S/C12H10ClFN2/c13-11-6-9(3-4-12(11)14)7-16-10-2-1-5-15-8-10/h1-6,8,16H,7H2. The van der Waals surface area contributed by atoms with Crippen molar-refractivity contribution in [3.63, 3.8) is 0 Å². The number of anilines is 1. The molecule has 2 rings (SSSR count). The fourth-order valence-corrected chi connectivity index (χ4v) is 1.52. The third-order valence-electron chi connectivity index (χ3n) is 2.14. The molecule has 1 heterocycles. The van der Waals surface area contributed by atoms with E-state index in [-0.39, 0.29) is 5.02 Å². The van der Waals surface area contributed by atoms with Gasteiger partial charge in [-0.1, -0.05) is 17.7 Å². The molecule has 82 valence electrons. The Morgan fingerprint density at radius 2 is 2.19 bits per heavy atom. The van der Waals surface area contributed by atoms with Crippen molar-refractivity contribution >= 4 is 17.3 Å². The Hall–Kier alpha value is -1.61. The fraction of sp³-hybridized carbons (Fsp3) is 0.0833. The Bertz CT molecular complexity index is 474. The van der Waals surface area contributed by atoms with Gasteiger partial charge in [-0.3, -0.25) is 4.98 Å². The largest absolute Gasteiger partial charge is 0.380 e. The topological polar surface area (TPSA) is 24.9 Å². The molecule has 1 aromatic carbocycles. The zero-order chi connectivity index (χ0) is 11.4. The monoisotopic (exact) mass is 236 g/mol. The van der Waals surface area contributed by atoms with Crippen molar-refractivity contribution in [3.8, 4) is 0 Å². The smallest absolute Gasteiger partial charge is 0.141 e. The number of hydrogen-bond donors (Lipinski definition) is 1. The number of pyridine rings is 1. The summed E-state index contributed by atoms with van der Waals surface area (Å²) >= 11 is 5.68. The Kier molecular flexibility index (Phi) is 3.37. The van der Waals surface area contributed by atoms with Crippen LogP contribution in [-0.4, -0.2) is 4.98 Å². The Morgan fingerprint density at radius 3 is 2.88 bits per heavy atom. The van der Waals surface area contributed by atoms with E-state index in [1.54, 1.807) is 24.5 Å². The second-order valence-electron chi connectivity index (χ2n) is 3.34. The van der Waals surface area contributed by atoms with Crippen LogP contribution in [-0.2, 0) is 6.54 Å². The summed E-state index contributed by atoms with van der Waals surface area (Å²) in [5.74, 6) is -0.396. The van der Waals surface area contributed by atoms with Crippen LogP contribution in [0, 0.1) is 5.82 Å². The fourth-order valence-electron chi connectivity index (χ4n) is 1.32. The van der Waals surface area contributed by atoms with Gasteiger partial charge in [-0.2, -0.15) is 0 Å². The highest BCUT2D eigenvalue weighted by atomic mass is 35.5. The van der Waals surface area contributed by atoms with Gasteiger partial charge in [0, 0.05) is 18.9 Å². The van der Waals surface area contributed by atoms with Crippen LogP contribution in [0.5, 0.6) is 0 Å². The highest BCUT2D eigenvalue weighted by molar-refractivity contribution is 6.30. The van der Waals surface area contributed by atoms with E-state index in [9.17, 15) is 4.39 Å². The molecule has 4 heteroatoms. The number of hydrogen-bond acceptors (Lipinski definition) is 2. The maximum absolute atomic E-state index is 12.9. The lowest BCUT2D eigenvalue weighted by Crippen LogP contribution is -1.99. The molecule has 0 aliphatic heterocycles. The first kappa shape index (κ1) is 10.9. The molecule has 2 nitrogen and oxygen atoms in total. The van der Waals surface area contributed by atoms with Crippen LogP contribution in [0.4, 0.5) is 10.1 Å². The maximum Gasteiger partial charge on any atom is 0.141 e. The highest BCUT2D eigenvalue weighted by Crippen LogP contribution is 2.16. The predicted molar refractivity (Wildman–Crippen MR) is 63.0 cm³/mol. The third-order valence-corrected chi connectivity index (χ3v) is 2.43. The van der Waals surface area contributed by atoms with E-state index in [2.05, 4.69) is 10.3 Å². The van der Waals surface area contributed by atoms with Gasteiger partial charge < -0.3 is 5.32 Å². The number of halogens is 2. The highest BCUT2D eigenvalue weighted by Gasteiger charge is 2.00. The van der Waals surface area contributed by atoms with Crippen LogP contribution in [0.25, 0.3) is 0 Å². The van der Waals surface area contributed by atoms with Crippen molar-refractivity contribution in [2.45, 2.75) is 6.54 Å². The summed E-state index contributed by atoms with van der Waals surface area (Å²) in [6.07, 6.45) is 3.44. The van der Waals surface area contributed by atoms with Crippen LogP contribution < -0.4 is 5.32 Å². The molecule has 0 saturated carbocycles. The number of nitrogens with zero attached hydrogens (tertiary/aromatic N) is 1. The first-order chi connectivity index (χ1) is 7.75. The van der Waals surface area contributed by atoms with Gasteiger partial charge in [0.1, 0.15) is 5.82 Å². The number of aromatic nitrogens is 1. The van der Waals surface area contributed by atoms with Crippen molar-refractivity contribution in [2.24, 2.45) is 0 Å². The lowest BCUT2D eigenvalue weighted by molar-refractivity contribution is 0.627. The first-order valence-corrected chi connectivity index (χ1v) is 5.21. The molecule has 0 spiro atoms. The van der Waals surface area contributed by atoms with Crippen LogP contribution in [0.15, 0.2) is 42.7 Å². The molecule has 1 N–H and O–H groups in total. The Morgan fingerprint density at radius 1 is 1.31 bits per heavy atom. The quantitative estimate of drug-likeness (QED) is 0.883. The molecule has 2 aromatic rings. The SMILES string of the molecule is Fc1ccc(CNc2cccnc2)cc1Cl. The van der Waals surface area contributed by atoms with E-state index in [0.29, 0.717) is 6.54 Å². The summed E-state index contributed by atoms with van der Waals surface area (Å²) in [6, 6.07) is 8.44. The van der Waals surface area contributed by atoms with E-state index in [1.165, 1.54) is 6.07 Å². The molecule has 1 aromatic heterocycles. The van der Waals surface area contributed by atoms with Crippen LogP contribution >= 0.6 is 11.6 Å². The van der Waals surface area contributed by atoms with Crippen molar-refractivity contribution in [3.05, 3.63) is 59.1 Å². The van der Waals surface area contributed by atoms with Crippen LogP contribution in [0.3, 0.4) is 0 Å². The second kappa shape index (κ2) is 4.94. The molecular formula is C12H10ClFN2. The van der Waals surface area contributed by atoms with E-state index in [1.807, 2.05) is 12.1 Å². The zero-order valence-corrected chi connectivity index (χ0v) is 9.21. The van der Waals surface area contributed by atoms with Gasteiger partial charge in [0.2, 0.25) is 0 Å². The van der Waals surface area contributed by atoms with Gasteiger partial charge in [-0.25, -0.2) is 4.39 Å². The molecule has 0 atom stereocenters. The van der Waals surface area contributed by atoms with Crippen LogP contribution in [0.1, 0.15) is 5.56 Å². The molecule has 0 radical (unpaired) electrons. The molecule has 0 amide bonds. The van der Waals surface area contributed by atoms with E-state index < -0.39 is 5.82 Å². The second-order valence-corrected chi connectivity index (χ2v) is 3.75. The van der Waals surface area contributed by atoms with Gasteiger partial charge in [-0.05, 0) is 29.8 Å². The van der Waals surface area contributed by atoms with E-state index in [4.69, 9.17) is 11.6 Å². The minimum Gasteiger partial charge on any atom is -0.380 e. The Balaban J connectivity index is 2.03. The summed E-state index contributed by atoms with van der Waals surface area (Å²) in [7, 11) is 0. The van der Waals surface area contributed by atoms with Gasteiger partial charge in [-0.15, -0.1) is 0 Å². The van der Waals surface area contributed by atoms with Crippen molar-refractivity contribution in [2.75, 3.05) is 5.32 Å². The first-order valence-electron chi connectivity index (χ1n) is 4.83. The van der Waals surface area contributed by atoms with Crippen LogP contribution in [0.2, 0.25) is 5.02 Å². The molecule has 0 bridgehead atoms. The van der Waals surface area contributed by atoms with Gasteiger partial charge in [0.25, 0.3) is 0 Å². The van der Waals surface area contributed by atoms with E-state index in [0.717, 1.165) is 11.3 Å². The predicted octanol–water partition coefficient (Wildman–Crippen LogP) is 3.49.